The first kappa shape index (κ1) is 13.4. The molecule has 1 N–H and O–H groups in total. The molecular formula is C16H25NO. The van der Waals surface area contributed by atoms with Gasteiger partial charge in [-0.05, 0) is 38.8 Å². The van der Waals surface area contributed by atoms with E-state index in [1.54, 1.807) is 7.11 Å². The monoisotopic (exact) mass is 247 g/mol. The number of ether oxygens (including phenoxy) is 1. The van der Waals surface area contributed by atoms with Crippen molar-refractivity contribution in [3.8, 4) is 5.75 Å². The Labute approximate surface area is 111 Å². The lowest BCUT2D eigenvalue weighted by Gasteiger charge is -2.35. The number of benzene rings is 1. The Bertz CT molecular complexity index is 392. The molecule has 0 amide bonds. The smallest absolute Gasteiger partial charge is 0.123 e. The molecule has 0 bridgehead atoms. The molecule has 0 aromatic heterocycles. The highest BCUT2D eigenvalue weighted by Crippen LogP contribution is 2.38. The first-order chi connectivity index (χ1) is 8.72. The summed E-state index contributed by atoms with van der Waals surface area (Å²) in [6, 6.07) is 6.53. The molecule has 2 rings (SSSR count). The number of nitrogens with one attached hydrogen (secondary N) is 1. The van der Waals surface area contributed by atoms with E-state index in [2.05, 4.69) is 37.4 Å². The van der Waals surface area contributed by atoms with Gasteiger partial charge in [0.2, 0.25) is 0 Å². The van der Waals surface area contributed by atoms with Gasteiger partial charge in [-0.1, -0.05) is 37.5 Å². The third-order valence-electron chi connectivity index (χ3n) is 4.22. The SMILES string of the molecule is CCC1(c2cc(C)ccc2OC)CCCCCN1. The second-order valence-corrected chi connectivity index (χ2v) is 5.38. The van der Waals surface area contributed by atoms with Crippen LogP contribution in [0, 0.1) is 6.92 Å². The summed E-state index contributed by atoms with van der Waals surface area (Å²) >= 11 is 0. The molecule has 1 aromatic carbocycles. The molecule has 18 heavy (non-hydrogen) atoms. The fourth-order valence-electron chi connectivity index (χ4n) is 3.06. The van der Waals surface area contributed by atoms with E-state index in [1.807, 2.05) is 0 Å². The van der Waals surface area contributed by atoms with E-state index >= 15 is 0 Å². The van der Waals surface area contributed by atoms with E-state index in [4.69, 9.17) is 4.74 Å². The van der Waals surface area contributed by atoms with Crippen molar-refractivity contribution in [1.29, 1.82) is 0 Å². The summed E-state index contributed by atoms with van der Waals surface area (Å²) in [6.07, 6.45) is 6.26. The number of aryl methyl sites for hydroxylation is 1. The zero-order valence-electron chi connectivity index (χ0n) is 11.9. The predicted molar refractivity (Wildman–Crippen MR) is 76.2 cm³/mol. The minimum atomic E-state index is 0.105. The summed E-state index contributed by atoms with van der Waals surface area (Å²) < 4.78 is 5.58. The van der Waals surface area contributed by atoms with Crippen molar-refractivity contribution in [2.45, 2.75) is 51.5 Å². The lowest BCUT2D eigenvalue weighted by molar-refractivity contribution is 0.295. The van der Waals surface area contributed by atoms with Crippen LogP contribution in [0.4, 0.5) is 0 Å². The van der Waals surface area contributed by atoms with E-state index in [1.165, 1.54) is 36.8 Å². The molecule has 1 aliphatic heterocycles. The molecule has 2 heteroatoms. The highest BCUT2D eigenvalue weighted by Gasteiger charge is 2.33. The minimum absolute atomic E-state index is 0.105. The fourth-order valence-corrected chi connectivity index (χ4v) is 3.06. The summed E-state index contributed by atoms with van der Waals surface area (Å²) in [7, 11) is 1.77. The normalized spacial score (nSPS) is 24.6. The molecule has 0 radical (unpaired) electrons. The van der Waals surface area contributed by atoms with Crippen LogP contribution in [0.5, 0.6) is 5.75 Å². The summed E-state index contributed by atoms with van der Waals surface area (Å²) in [5, 5.41) is 3.78. The Morgan fingerprint density at radius 1 is 1.28 bits per heavy atom. The second kappa shape index (κ2) is 5.75. The lowest BCUT2D eigenvalue weighted by Crippen LogP contribution is -2.41. The highest BCUT2D eigenvalue weighted by atomic mass is 16.5. The van der Waals surface area contributed by atoms with Crippen molar-refractivity contribution < 1.29 is 4.74 Å². The molecule has 1 unspecified atom stereocenters. The van der Waals surface area contributed by atoms with Crippen LogP contribution in [0.2, 0.25) is 0 Å². The van der Waals surface area contributed by atoms with E-state index < -0.39 is 0 Å². The lowest BCUT2D eigenvalue weighted by atomic mass is 9.82. The van der Waals surface area contributed by atoms with Crippen LogP contribution in [0.15, 0.2) is 18.2 Å². The van der Waals surface area contributed by atoms with E-state index in [0.717, 1.165) is 18.7 Å². The number of hydrogen-bond acceptors (Lipinski definition) is 2. The first-order valence-electron chi connectivity index (χ1n) is 7.12. The van der Waals surface area contributed by atoms with Gasteiger partial charge >= 0.3 is 0 Å². The summed E-state index contributed by atoms with van der Waals surface area (Å²) in [5.41, 5.74) is 2.76. The molecule has 1 fully saturated rings. The summed E-state index contributed by atoms with van der Waals surface area (Å²) in [6.45, 7) is 5.55. The highest BCUT2D eigenvalue weighted by molar-refractivity contribution is 5.42. The zero-order chi connectivity index (χ0) is 13.0. The van der Waals surface area contributed by atoms with Crippen molar-refractivity contribution in [3.63, 3.8) is 0 Å². The van der Waals surface area contributed by atoms with Gasteiger partial charge in [0.1, 0.15) is 5.75 Å². The Morgan fingerprint density at radius 3 is 2.83 bits per heavy atom. The standard InChI is InChI=1S/C16H25NO/c1-4-16(10-6-5-7-11-17-16)14-12-13(2)8-9-15(14)18-3/h8-9,12,17H,4-7,10-11H2,1-3H3. The van der Waals surface area contributed by atoms with Gasteiger partial charge in [0.15, 0.2) is 0 Å². The van der Waals surface area contributed by atoms with Crippen LogP contribution in [0.1, 0.15) is 50.2 Å². The van der Waals surface area contributed by atoms with Gasteiger partial charge < -0.3 is 10.1 Å². The van der Waals surface area contributed by atoms with E-state index in [0.29, 0.717) is 0 Å². The third kappa shape index (κ3) is 2.54. The molecule has 1 atom stereocenters. The molecule has 0 spiro atoms. The molecule has 1 saturated heterocycles. The van der Waals surface area contributed by atoms with Crippen LogP contribution < -0.4 is 10.1 Å². The average molecular weight is 247 g/mol. The van der Waals surface area contributed by atoms with Gasteiger partial charge in [0, 0.05) is 11.1 Å². The molecule has 1 aromatic rings. The number of methoxy groups -OCH3 is 1. The molecular weight excluding hydrogens is 222 g/mol. The van der Waals surface area contributed by atoms with Gasteiger partial charge in [-0.2, -0.15) is 0 Å². The minimum Gasteiger partial charge on any atom is -0.496 e. The Balaban J connectivity index is 2.44. The number of hydrogen-bond donors (Lipinski definition) is 1. The van der Waals surface area contributed by atoms with Crippen molar-refractivity contribution in [2.24, 2.45) is 0 Å². The summed E-state index contributed by atoms with van der Waals surface area (Å²) in [4.78, 5) is 0. The number of rotatable bonds is 3. The largest absolute Gasteiger partial charge is 0.496 e. The van der Waals surface area contributed by atoms with Crippen LogP contribution >= 0.6 is 0 Å². The van der Waals surface area contributed by atoms with Gasteiger partial charge in [0.05, 0.1) is 7.11 Å². The van der Waals surface area contributed by atoms with Gasteiger partial charge in [-0.25, -0.2) is 0 Å². The Morgan fingerprint density at radius 2 is 2.11 bits per heavy atom. The average Bonchev–Trinajstić information content (AvgIpc) is 2.65. The Kier molecular flexibility index (Phi) is 4.28. The molecule has 1 heterocycles. The van der Waals surface area contributed by atoms with Gasteiger partial charge in [0.25, 0.3) is 0 Å². The van der Waals surface area contributed by atoms with Gasteiger partial charge in [-0.15, -0.1) is 0 Å². The maximum atomic E-state index is 5.58. The quantitative estimate of drug-likeness (QED) is 0.878. The Hall–Kier alpha value is -1.02. The van der Waals surface area contributed by atoms with Crippen molar-refractivity contribution in [2.75, 3.05) is 13.7 Å². The molecule has 100 valence electrons. The fraction of sp³-hybridized carbons (Fsp3) is 0.625. The van der Waals surface area contributed by atoms with Crippen molar-refractivity contribution >= 4 is 0 Å². The van der Waals surface area contributed by atoms with Crippen LogP contribution in [-0.2, 0) is 5.54 Å². The molecule has 1 aliphatic rings. The van der Waals surface area contributed by atoms with Crippen LogP contribution in [0.25, 0.3) is 0 Å². The predicted octanol–water partition coefficient (Wildman–Crippen LogP) is 3.77. The molecule has 0 aliphatic carbocycles. The van der Waals surface area contributed by atoms with E-state index in [9.17, 15) is 0 Å². The third-order valence-corrected chi connectivity index (χ3v) is 4.22. The van der Waals surface area contributed by atoms with Crippen molar-refractivity contribution in [3.05, 3.63) is 29.3 Å². The zero-order valence-corrected chi connectivity index (χ0v) is 11.9. The van der Waals surface area contributed by atoms with Crippen LogP contribution in [0.3, 0.4) is 0 Å². The molecule has 2 nitrogen and oxygen atoms in total. The topological polar surface area (TPSA) is 21.3 Å². The van der Waals surface area contributed by atoms with Crippen LogP contribution in [-0.4, -0.2) is 13.7 Å². The summed E-state index contributed by atoms with van der Waals surface area (Å²) in [5.74, 6) is 1.02. The first-order valence-corrected chi connectivity index (χ1v) is 7.12. The maximum Gasteiger partial charge on any atom is 0.123 e. The maximum absolute atomic E-state index is 5.58. The van der Waals surface area contributed by atoms with Gasteiger partial charge in [-0.3, -0.25) is 0 Å². The van der Waals surface area contributed by atoms with Crippen molar-refractivity contribution in [1.82, 2.24) is 5.32 Å². The molecule has 0 saturated carbocycles. The van der Waals surface area contributed by atoms with E-state index in [-0.39, 0.29) is 5.54 Å². The second-order valence-electron chi connectivity index (χ2n) is 5.38.